The third-order valence-electron chi connectivity index (χ3n) is 3.69. The number of rotatable bonds is 7. The van der Waals surface area contributed by atoms with Crippen molar-refractivity contribution in [1.82, 2.24) is 9.80 Å². The van der Waals surface area contributed by atoms with E-state index in [-0.39, 0.29) is 11.8 Å². The summed E-state index contributed by atoms with van der Waals surface area (Å²) in [6, 6.07) is 7.96. The summed E-state index contributed by atoms with van der Waals surface area (Å²) in [5.74, 6) is 0.0164. The van der Waals surface area contributed by atoms with Crippen molar-refractivity contribution in [3.8, 4) is 0 Å². The van der Waals surface area contributed by atoms with Crippen LogP contribution in [0.15, 0.2) is 24.3 Å². The minimum atomic E-state index is -0.0349. The number of anilines is 1. The second kappa shape index (κ2) is 8.54. The second-order valence-electron chi connectivity index (χ2n) is 5.79. The lowest BCUT2D eigenvalue weighted by Crippen LogP contribution is -2.34. The Morgan fingerprint density at radius 3 is 2.50 bits per heavy atom. The van der Waals surface area contributed by atoms with Crippen molar-refractivity contribution in [2.75, 3.05) is 25.5 Å². The van der Waals surface area contributed by atoms with Crippen LogP contribution in [0.4, 0.5) is 5.69 Å². The zero-order chi connectivity index (χ0) is 16.7. The molecule has 0 saturated carbocycles. The maximum Gasteiger partial charge on any atom is 0.238 e. The molecule has 1 rings (SSSR count). The average Bonchev–Trinajstić information content (AvgIpc) is 2.44. The molecule has 1 aromatic carbocycles. The number of nitrogens with one attached hydrogen (secondary N) is 1. The lowest BCUT2D eigenvalue weighted by Gasteiger charge is -2.21. The van der Waals surface area contributed by atoms with Crippen LogP contribution in [0.5, 0.6) is 0 Å². The SMILES string of the molecule is CCN(Cc1cccc(NC(=O)CN(C)C(C)C)c1)C(C)=O. The van der Waals surface area contributed by atoms with Crippen molar-refractivity contribution in [3.63, 3.8) is 0 Å². The Kier molecular flexibility index (Phi) is 7.05. The molecule has 22 heavy (non-hydrogen) atoms. The summed E-state index contributed by atoms with van der Waals surface area (Å²) in [4.78, 5) is 27.2. The summed E-state index contributed by atoms with van der Waals surface area (Å²) in [5.41, 5.74) is 1.77. The lowest BCUT2D eigenvalue weighted by molar-refractivity contribution is -0.129. The van der Waals surface area contributed by atoms with Gasteiger partial charge in [-0.1, -0.05) is 12.1 Å². The first-order valence-electron chi connectivity index (χ1n) is 7.68. The Morgan fingerprint density at radius 1 is 1.27 bits per heavy atom. The molecule has 0 atom stereocenters. The fraction of sp³-hybridized carbons (Fsp3) is 0.529. The molecule has 0 saturated heterocycles. The van der Waals surface area contributed by atoms with Crippen molar-refractivity contribution in [2.24, 2.45) is 0 Å². The van der Waals surface area contributed by atoms with Crippen LogP contribution >= 0.6 is 0 Å². The molecule has 0 aliphatic rings. The van der Waals surface area contributed by atoms with Gasteiger partial charge in [-0.15, -0.1) is 0 Å². The Bertz CT molecular complexity index is 514. The van der Waals surface area contributed by atoms with Gasteiger partial charge >= 0.3 is 0 Å². The van der Waals surface area contributed by atoms with E-state index in [1.165, 1.54) is 0 Å². The third kappa shape index (κ3) is 5.85. The smallest absolute Gasteiger partial charge is 0.238 e. The van der Waals surface area contributed by atoms with E-state index in [0.717, 1.165) is 11.3 Å². The minimum absolute atomic E-state index is 0.0349. The highest BCUT2D eigenvalue weighted by Crippen LogP contribution is 2.13. The first kappa shape index (κ1) is 18.2. The van der Waals surface area contributed by atoms with Crippen molar-refractivity contribution in [3.05, 3.63) is 29.8 Å². The number of benzene rings is 1. The maximum atomic E-state index is 12.0. The second-order valence-corrected chi connectivity index (χ2v) is 5.79. The van der Waals surface area contributed by atoms with Gasteiger partial charge in [-0.05, 0) is 45.5 Å². The van der Waals surface area contributed by atoms with Crippen LogP contribution in [-0.4, -0.2) is 47.8 Å². The zero-order valence-corrected chi connectivity index (χ0v) is 14.2. The van der Waals surface area contributed by atoms with Crippen molar-refractivity contribution >= 4 is 17.5 Å². The molecule has 2 amide bonds. The average molecular weight is 305 g/mol. The normalized spacial score (nSPS) is 10.9. The lowest BCUT2D eigenvalue weighted by atomic mass is 10.2. The summed E-state index contributed by atoms with van der Waals surface area (Å²) in [6.45, 7) is 9.21. The van der Waals surface area contributed by atoms with Crippen LogP contribution in [0.2, 0.25) is 0 Å². The van der Waals surface area contributed by atoms with Gasteiger partial charge in [-0.3, -0.25) is 14.5 Å². The summed E-state index contributed by atoms with van der Waals surface area (Å²) in [6.07, 6.45) is 0. The molecule has 1 aromatic rings. The Balaban J connectivity index is 2.68. The molecular weight excluding hydrogens is 278 g/mol. The van der Waals surface area contributed by atoms with E-state index in [4.69, 9.17) is 0 Å². The molecule has 5 heteroatoms. The van der Waals surface area contributed by atoms with E-state index >= 15 is 0 Å². The van der Waals surface area contributed by atoms with Gasteiger partial charge in [-0.2, -0.15) is 0 Å². The van der Waals surface area contributed by atoms with E-state index in [2.05, 4.69) is 19.2 Å². The van der Waals surface area contributed by atoms with Crippen molar-refractivity contribution in [1.29, 1.82) is 0 Å². The van der Waals surface area contributed by atoms with Gasteiger partial charge in [0.2, 0.25) is 11.8 Å². The van der Waals surface area contributed by atoms with Crippen LogP contribution in [-0.2, 0) is 16.1 Å². The zero-order valence-electron chi connectivity index (χ0n) is 14.2. The monoisotopic (exact) mass is 305 g/mol. The third-order valence-corrected chi connectivity index (χ3v) is 3.69. The van der Waals surface area contributed by atoms with Gasteiger partial charge in [0.05, 0.1) is 6.54 Å². The van der Waals surface area contributed by atoms with Crippen molar-refractivity contribution in [2.45, 2.75) is 40.3 Å². The first-order valence-corrected chi connectivity index (χ1v) is 7.68. The molecule has 0 aliphatic heterocycles. The molecule has 0 fully saturated rings. The number of nitrogens with zero attached hydrogens (tertiary/aromatic N) is 2. The van der Waals surface area contributed by atoms with Gasteiger partial charge in [0.25, 0.3) is 0 Å². The molecule has 0 aliphatic carbocycles. The van der Waals surface area contributed by atoms with Gasteiger partial charge in [0.15, 0.2) is 0 Å². The number of carbonyl (C=O) groups excluding carboxylic acids is 2. The Labute approximate surface area is 133 Å². The highest BCUT2D eigenvalue weighted by molar-refractivity contribution is 5.92. The van der Waals surface area contributed by atoms with Crippen LogP contribution in [0.25, 0.3) is 0 Å². The number of likely N-dealkylation sites (N-methyl/N-ethyl adjacent to an activating group) is 1. The fourth-order valence-corrected chi connectivity index (χ4v) is 2.02. The number of hydrogen-bond acceptors (Lipinski definition) is 3. The van der Waals surface area contributed by atoms with E-state index in [1.807, 2.05) is 43.1 Å². The molecule has 0 heterocycles. The maximum absolute atomic E-state index is 12.0. The fourth-order valence-electron chi connectivity index (χ4n) is 2.02. The molecule has 122 valence electrons. The molecule has 0 aromatic heterocycles. The van der Waals surface area contributed by atoms with Crippen molar-refractivity contribution < 1.29 is 9.59 Å². The first-order chi connectivity index (χ1) is 10.3. The highest BCUT2D eigenvalue weighted by Gasteiger charge is 2.11. The van der Waals surface area contributed by atoms with Crippen LogP contribution < -0.4 is 5.32 Å². The highest BCUT2D eigenvalue weighted by atomic mass is 16.2. The quantitative estimate of drug-likeness (QED) is 0.841. The van der Waals surface area contributed by atoms with Gasteiger partial charge in [0, 0.05) is 31.7 Å². The number of amides is 2. The minimum Gasteiger partial charge on any atom is -0.339 e. The Hall–Kier alpha value is -1.88. The molecule has 0 bridgehead atoms. The number of hydrogen-bond donors (Lipinski definition) is 1. The molecule has 0 unspecified atom stereocenters. The van der Waals surface area contributed by atoms with Gasteiger partial charge in [-0.25, -0.2) is 0 Å². The summed E-state index contributed by atoms with van der Waals surface area (Å²) in [7, 11) is 1.92. The van der Waals surface area contributed by atoms with Crippen LogP contribution in [0, 0.1) is 0 Å². The molecular formula is C17H27N3O2. The van der Waals surface area contributed by atoms with E-state index < -0.39 is 0 Å². The molecule has 0 radical (unpaired) electrons. The molecule has 1 N–H and O–H groups in total. The van der Waals surface area contributed by atoms with Gasteiger partial charge in [0.1, 0.15) is 0 Å². The summed E-state index contributed by atoms with van der Waals surface area (Å²) >= 11 is 0. The van der Waals surface area contributed by atoms with E-state index in [9.17, 15) is 9.59 Å². The van der Waals surface area contributed by atoms with Crippen LogP contribution in [0.3, 0.4) is 0 Å². The summed E-state index contributed by atoms with van der Waals surface area (Å²) < 4.78 is 0. The number of carbonyl (C=O) groups is 2. The molecule has 0 spiro atoms. The predicted octanol–water partition coefficient (Wildman–Crippen LogP) is 2.33. The topological polar surface area (TPSA) is 52.7 Å². The van der Waals surface area contributed by atoms with Gasteiger partial charge < -0.3 is 10.2 Å². The molecule has 5 nitrogen and oxygen atoms in total. The van der Waals surface area contributed by atoms with E-state index in [0.29, 0.717) is 25.7 Å². The summed E-state index contributed by atoms with van der Waals surface area (Å²) in [5, 5.41) is 2.90. The van der Waals surface area contributed by atoms with Crippen LogP contribution in [0.1, 0.15) is 33.3 Å². The van der Waals surface area contributed by atoms with E-state index in [1.54, 1.807) is 11.8 Å². The largest absolute Gasteiger partial charge is 0.339 e. The Morgan fingerprint density at radius 2 is 1.95 bits per heavy atom. The predicted molar refractivity (Wildman–Crippen MR) is 89.6 cm³/mol. The standard InChI is InChI=1S/C17H27N3O2/c1-6-20(14(4)21)11-15-8-7-9-16(10-15)18-17(22)12-19(5)13(2)3/h7-10,13H,6,11-12H2,1-5H3,(H,18,22).